The second-order valence-electron chi connectivity index (χ2n) is 8.78. The molecule has 0 unspecified atom stereocenters. The molecule has 0 spiro atoms. The van der Waals surface area contributed by atoms with Crippen molar-refractivity contribution in [3.8, 4) is 5.82 Å². The number of benzene rings is 2. The summed E-state index contributed by atoms with van der Waals surface area (Å²) in [5.41, 5.74) is 6.55. The van der Waals surface area contributed by atoms with Gasteiger partial charge in [-0.05, 0) is 82.1 Å². The average molecular weight is 454 g/mol. The Kier molecular flexibility index (Phi) is 5.12. The number of aryl methyl sites for hydroxylation is 5. The lowest BCUT2D eigenvalue weighted by atomic mass is 10.0. The third-order valence-electron chi connectivity index (χ3n) is 5.88. The molecule has 0 saturated heterocycles. The highest BCUT2D eigenvalue weighted by molar-refractivity contribution is 6.12. The molecule has 170 valence electrons. The fourth-order valence-electron chi connectivity index (χ4n) is 4.40. The molecule has 34 heavy (non-hydrogen) atoms. The molecular weight excluding hydrogens is 429 g/mol. The molecule has 5 rings (SSSR count). The van der Waals surface area contributed by atoms with Crippen LogP contribution in [0.25, 0.3) is 27.6 Å². The molecule has 7 heteroatoms. The maximum atomic E-state index is 13.9. The molecule has 3 aromatic heterocycles. The number of halogens is 1. The summed E-state index contributed by atoms with van der Waals surface area (Å²) in [5, 5.41) is 9.08. The van der Waals surface area contributed by atoms with Crippen LogP contribution in [-0.2, 0) is 0 Å². The SMILES string of the molecule is Cc1cc(C)c2nc(-n3nc(C)cc3NC(=O)c3cc(C)nc4ccc(F)cc34)cc(C)c2c1. The number of nitrogens with one attached hydrogen (secondary N) is 1. The molecule has 0 aliphatic carbocycles. The number of carbonyl (C=O) groups is 1. The Morgan fingerprint density at radius 3 is 2.44 bits per heavy atom. The van der Waals surface area contributed by atoms with E-state index in [2.05, 4.69) is 34.5 Å². The Bertz CT molecular complexity index is 1620. The lowest BCUT2D eigenvalue weighted by Crippen LogP contribution is -2.16. The van der Waals surface area contributed by atoms with E-state index in [4.69, 9.17) is 4.98 Å². The van der Waals surface area contributed by atoms with Crippen molar-refractivity contribution in [2.24, 2.45) is 0 Å². The zero-order chi connectivity index (χ0) is 24.1. The van der Waals surface area contributed by atoms with E-state index in [-0.39, 0.29) is 5.91 Å². The van der Waals surface area contributed by atoms with Gasteiger partial charge >= 0.3 is 0 Å². The van der Waals surface area contributed by atoms with Crippen LogP contribution in [0.4, 0.5) is 10.2 Å². The molecule has 0 saturated carbocycles. The largest absolute Gasteiger partial charge is 0.306 e. The Labute approximate surface area is 196 Å². The van der Waals surface area contributed by atoms with Crippen molar-refractivity contribution in [2.75, 3.05) is 5.32 Å². The van der Waals surface area contributed by atoms with E-state index in [0.717, 1.165) is 27.7 Å². The van der Waals surface area contributed by atoms with Crippen LogP contribution in [0.2, 0.25) is 0 Å². The summed E-state index contributed by atoms with van der Waals surface area (Å²) in [5.74, 6) is 0.306. The molecule has 2 aromatic carbocycles. The van der Waals surface area contributed by atoms with Crippen LogP contribution in [0.1, 0.15) is 38.4 Å². The number of hydrogen-bond acceptors (Lipinski definition) is 4. The maximum absolute atomic E-state index is 13.9. The Balaban J connectivity index is 1.60. The molecule has 5 aromatic rings. The van der Waals surface area contributed by atoms with Crippen LogP contribution in [-0.4, -0.2) is 25.7 Å². The van der Waals surface area contributed by atoms with E-state index in [1.54, 1.807) is 29.8 Å². The van der Waals surface area contributed by atoms with Gasteiger partial charge in [-0.15, -0.1) is 0 Å². The summed E-state index contributed by atoms with van der Waals surface area (Å²) >= 11 is 0. The highest BCUT2D eigenvalue weighted by Crippen LogP contribution is 2.27. The molecule has 6 nitrogen and oxygen atoms in total. The fourth-order valence-corrected chi connectivity index (χ4v) is 4.40. The molecule has 1 N–H and O–H groups in total. The molecule has 0 aliphatic rings. The van der Waals surface area contributed by atoms with Crippen LogP contribution in [0.3, 0.4) is 0 Å². The first kappa shape index (κ1) is 21.7. The number of rotatable bonds is 3. The third kappa shape index (κ3) is 3.79. The highest BCUT2D eigenvalue weighted by Gasteiger charge is 2.18. The van der Waals surface area contributed by atoms with Gasteiger partial charge in [-0.3, -0.25) is 9.78 Å². The van der Waals surface area contributed by atoms with Crippen molar-refractivity contribution in [3.63, 3.8) is 0 Å². The zero-order valence-electron chi connectivity index (χ0n) is 19.7. The van der Waals surface area contributed by atoms with Crippen molar-refractivity contribution in [2.45, 2.75) is 34.6 Å². The van der Waals surface area contributed by atoms with Crippen LogP contribution >= 0.6 is 0 Å². The van der Waals surface area contributed by atoms with Gasteiger partial charge in [0.2, 0.25) is 0 Å². The zero-order valence-corrected chi connectivity index (χ0v) is 19.7. The van der Waals surface area contributed by atoms with E-state index in [1.807, 2.05) is 26.8 Å². The van der Waals surface area contributed by atoms with E-state index >= 15 is 0 Å². The first-order valence-corrected chi connectivity index (χ1v) is 11.0. The first-order chi connectivity index (χ1) is 16.2. The smallest absolute Gasteiger partial charge is 0.257 e. The van der Waals surface area contributed by atoms with Gasteiger partial charge in [-0.2, -0.15) is 9.78 Å². The van der Waals surface area contributed by atoms with Gasteiger partial charge in [0.15, 0.2) is 5.82 Å². The van der Waals surface area contributed by atoms with Gasteiger partial charge in [0, 0.05) is 22.5 Å². The molecular formula is C27H24FN5O. The van der Waals surface area contributed by atoms with Crippen LogP contribution in [0.5, 0.6) is 0 Å². The second-order valence-corrected chi connectivity index (χ2v) is 8.78. The van der Waals surface area contributed by atoms with Crippen molar-refractivity contribution in [1.29, 1.82) is 0 Å². The molecule has 0 atom stereocenters. The summed E-state index contributed by atoms with van der Waals surface area (Å²) in [4.78, 5) is 22.6. The molecule has 0 radical (unpaired) electrons. The number of pyridine rings is 2. The van der Waals surface area contributed by atoms with Crippen LogP contribution in [0, 0.1) is 40.4 Å². The topological polar surface area (TPSA) is 72.7 Å². The number of aromatic nitrogens is 4. The van der Waals surface area contributed by atoms with Gasteiger partial charge in [0.05, 0.1) is 22.3 Å². The number of carbonyl (C=O) groups excluding carboxylic acids is 1. The molecule has 0 aliphatic heterocycles. The first-order valence-electron chi connectivity index (χ1n) is 11.0. The molecule has 1 amide bonds. The number of amides is 1. The van der Waals surface area contributed by atoms with E-state index in [1.165, 1.54) is 17.7 Å². The lowest BCUT2D eigenvalue weighted by Gasteiger charge is -2.13. The van der Waals surface area contributed by atoms with E-state index in [9.17, 15) is 9.18 Å². The van der Waals surface area contributed by atoms with Gasteiger partial charge in [-0.1, -0.05) is 11.6 Å². The second kappa shape index (κ2) is 8.02. The minimum atomic E-state index is -0.422. The highest BCUT2D eigenvalue weighted by atomic mass is 19.1. The minimum Gasteiger partial charge on any atom is -0.306 e. The third-order valence-corrected chi connectivity index (χ3v) is 5.88. The normalized spacial score (nSPS) is 11.4. The van der Waals surface area contributed by atoms with Gasteiger partial charge < -0.3 is 5.32 Å². The Morgan fingerprint density at radius 2 is 1.65 bits per heavy atom. The maximum Gasteiger partial charge on any atom is 0.257 e. The predicted molar refractivity (Wildman–Crippen MR) is 132 cm³/mol. The predicted octanol–water partition coefficient (Wildman–Crippen LogP) is 5.90. The van der Waals surface area contributed by atoms with Gasteiger partial charge in [0.25, 0.3) is 5.91 Å². The van der Waals surface area contributed by atoms with Gasteiger partial charge in [0.1, 0.15) is 11.6 Å². The standard InChI is InChI=1S/C27H24FN5O/c1-14-8-16(3)26-20(9-14)15(2)10-24(30-26)33-25(12-18(5)32-33)31-27(34)22-11-17(4)29-23-7-6-19(28)13-21(22)23/h6-13H,1-5H3,(H,31,34). The lowest BCUT2D eigenvalue weighted by molar-refractivity contribution is 0.102. The molecule has 3 heterocycles. The van der Waals surface area contributed by atoms with Crippen LogP contribution < -0.4 is 5.32 Å². The summed E-state index contributed by atoms with van der Waals surface area (Å²) in [6, 6.07) is 13.9. The van der Waals surface area contributed by atoms with Crippen LogP contribution in [0.15, 0.2) is 48.5 Å². The van der Waals surface area contributed by atoms with E-state index < -0.39 is 5.82 Å². The molecule has 0 fully saturated rings. The van der Waals surface area contributed by atoms with Crippen molar-refractivity contribution in [3.05, 3.63) is 88.0 Å². The minimum absolute atomic E-state index is 0.348. The summed E-state index contributed by atoms with van der Waals surface area (Å²) in [6.07, 6.45) is 0. The van der Waals surface area contributed by atoms with Crippen molar-refractivity contribution >= 4 is 33.5 Å². The summed E-state index contributed by atoms with van der Waals surface area (Å²) in [6.45, 7) is 9.82. The monoisotopic (exact) mass is 453 g/mol. The average Bonchev–Trinajstić information content (AvgIpc) is 3.14. The number of anilines is 1. The summed E-state index contributed by atoms with van der Waals surface area (Å²) in [7, 11) is 0. The van der Waals surface area contributed by atoms with Crippen molar-refractivity contribution < 1.29 is 9.18 Å². The molecule has 0 bridgehead atoms. The Morgan fingerprint density at radius 1 is 0.853 bits per heavy atom. The number of hydrogen-bond donors (Lipinski definition) is 1. The van der Waals surface area contributed by atoms with Gasteiger partial charge in [-0.25, -0.2) is 9.37 Å². The quantitative estimate of drug-likeness (QED) is 0.369. The number of nitrogens with zero attached hydrogens (tertiary/aromatic N) is 4. The fraction of sp³-hybridized carbons (Fsp3) is 0.185. The Hall–Kier alpha value is -4.13. The number of fused-ring (bicyclic) bond motifs is 2. The van der Waals surface area contributed by atoms with Crippen molar-refractivity contribution in [1.82, 2.24) is 19.7 Å². The van der Waals surface area contributed by atoms with E-state index in [0.29, 0.717) is 33.8 Å². The summed E-state index contributed by atoms with van der Waals surface area (Å²) < 4.78 is 15.6.